The van der Waals surface area contributed by atoms with Gasteiger partial charge in [0, 0.05) is 17.0 Å². The fourth-order valence-corrected chi connectivity index (χ4v) is 3.41. The molecule has 124 valence electrons. The van der Waals surface area contributed by atoms with Gasteiger partial charge in [0.25, 0.3) is 0 Å². The summed E-state index contributed by atoms with van der Waals surface area (Å²) >= 11 is 6.31. The number of Topliss-reactive ketones (excluding diaryl/α,β-unsaturated/α-hetero) is 1. The third kappa shape index (κ3) is 3.29. The second-order valence-electron chi connectivity index (χ2n) is 5.84. The maximum Gasteiger partial charge on any atom is 0.413 e. The molecule has 0 saturated heterocycles. The first kappa shape index (κ1) is 16.5. The number of rotatable bonds is 3. The van der Waals surface area contributed by atoms with Gasteiger partial charge in [0.2, 0.25) is 0 Å². The van der Waals surface area contributed by atoms with Gasteiger partial charge in [-0.3, -0.25) is 4.79 Å². The molecule has 3 rings (SSSR count). The van der Waals surface area contributed by atoms with Crippen LogP contribution in [0.15, 0.2) is 54.6 Å². The number of hydrogen-bond donors (Lipinski definition) is 1. The van der Waals surface area contributed by atoms with Gasteiger partial charge in [0.05, 0.1) is 0 Å². The third-order valence-electron chi connectivity index (χ3n) is 4.28. The van der Waals surface area contributed by atoms with Crippen LogP contribution >= 0.6 is 11.6 Å². The number of carbonyl (C=O) groups excluding carboxylic acids is 2. The molecule has 1 atom stereocenters. The smallest absolute Gasteiger partial charge is 0.410 e. The average Bonchev–Trinajstić information content (AvgIpc) is 2.58. The average molecular weight is 344 g/mol. The standard InChI is InChI=1S/C19H18ClNO3/c20-16-11-5-4-10-15(16)19(13-7-6-12-17(19)22)21-18(23)24-14-8-2-1-3-9-14/h1-5,8-11H,6-7,12-13H2,(H,21,23). The van der Waals surface area contributed by atoms with Gasteiger partial charge >= 0.3 is 6.09 Å². The molecule has 0 spiro atoms. The maximum absolute atomic E-state index is 12.7. The van der Waals surface area contributed by atoms with Crippen LogP contribution in [0.5, 0.6) is 5.75 Å². The molecule has 4 nitrogen and oxygen atoms in total. The highest BCUT2D eigenvalue weighted by Gasteiger charge is 2.44. The Labute approximate surface area is 145 Å². The van der Waals surface area contributed by atoms with Crippen molar-refractivity contribution in [3.63, 3.8) is 0 Å². The van der Waals surface area contributed by atoms with Gasteiger partial charge in [0.15, 0.2) is 5.78 Å². The van der Waals surface area contributed by atoms with E-state index >= 15 is 0 Å². The maximum atomic E-state index is 12.7. The number of para-hydroxylation sites is 1. The zero-order chi connectivity index (χ0) is 17.0. The van der Waals surface area contributed by atoms with Gasteiger partial charge in [-0.2, -0.15) is 0 Å². The molecule has 1 unspecified atom stereocenters. The Bertz CT molecular complexity index is 747. The van der Waals surface area contributed by atoms with E-state index in [1.807, 2.05) is 12.1 Å². The summed E-state index contributed by atoms with van der Waals surface area (Å²) in [6.45, 7) is 0. The molecule has 1 N–H and O–H groups in total. The normalized spacial score (nSPS) is 20.5. The van der Waals surface area contributed by atoms with E-state index in [-0.39, 0.29) is 5.78 Å². The van der Waals surface area contributed by atoms with Crippen LogP contribution in [0.4, 0.5) is 4.79 Å². The van der Waals surface area contributed by atoms with Crippen LogP contribution in [0.25, 0.3) is 0 Å². The third-order valence-corrected chi connectivity index (χ3v) is 4.61. The fraction of sp³-hybridized carbons (Fsp3) is 0.263. The van der Waals surface area contributed by atoms with E-state index in [4.69, 9.17) is 16.3 Å². The van der Waals surface area contributed by atoms with E-state index in [9.17, 15) is 9.59 Å². The zero-order valence-electron chi connectivity index (χ0n) is 13.1. The molecule has 1 saturated carbocycles. The lowest BCUT2D eigenvalue weighted by Gasteiger charge is -2.37. The minimum atomic E-state index is -1.12. The lowest BCUT2D eigenvalue weighted by Crippen LogP contribution is -2.54. The summed E-state index contributed by atoms with van der Waals surface area (Å²) in [4.78, 5) is 25.1. The van der Waals surface area contributed by atoms with E-state index in [0.717, 1.165) is 12.8 Å². The van der Waals surface area contributed by atoms with Crippen molar-refractivity contribution in [1.29, 1.82) is 0 Å². The minimum absolute atomic E-state index is 0.0353. The van der Waals surface area contributed by atoms with Crippen LogP contribution in [-0.4, -0.2) is 11.9 Å². The summed E-state index contributed by atoms with van der Waals surface area (Å²) in [7, 11) is 0. The molecule has 0 aromatic heterocycles. The first-order valence-electron chi connectivity index (χ1n) is 7.95. The molecule has 0 bridgehead atoms. The fourth-order valence-electron chi connectivity index (χ4n) is 3.12. The number of carbonyl (C=O) groups is 2. The number of ketones is 1. The van der Waals surface area contributed by atoms with Crippen molar-refractivity contribution in [3.05, 3.63) is 65.2 Å². The van der Waals surface area contributed by atoms with Crippen LogP contribution in [0, 0.1) is 0 Å². The van der Waals surface area contributed by atoms with Gasteiger partial charge in [-0.15, -0.1) is 0 Å². The van der Waals surface area contributed by atoms with Gasteiger partial charge in [0.1, 0.15) is 11.3 Å². The van der Waals surface area contributed by atoms with Crippen molar-refractivity contribution >= 4 is 23.5 Å². The van der Waals surface area contributed by atoms with Crippen LogP contribution in [0.1, 0.15) is 31.2 Å². The molecule has 1 aliphatic carbocycles. The van der Waals surface area contributed by atoms with E-state index in [1.54, 1.807) is 42.5 Å². The van der Waals surface area contributed by atoms with E-state index in [2.05, 4.69) is 5.32 Å². The van der Waals surface area contributed by atoms with Crippen LogP contribution in [0.2, 0.25) is 5.02 Å². The van der Waals surface area contributed by atoms with Gasteiger partial charge < -0.3 is 10.1 Å². The van der Waals surface area contributed by atoms with Gasteiger partial charge in [-0.25, -0.2) is 4.79 Å². The summed E-state index contributed by atoms with van der Waals surface area (Å²) in [5.41, 5.74) is -0.496. The Morgan fingerprint density at radius 2 is 1.75 bits per heavy atom. The van der Waals surface area contributed by atoms with Crippen LogP contribution < -0.4 is 10.1 Å². The van der Waals surface area contributed by atoms with Crippen molar-refractivity contribution in [1.82, 2.24) is 5.32 Å². The van der Waals surface area contributed by atoms with Gasteiger partial charge in [-0.05, 0) is 37.5 Å². The molecule has 1 amide bonds. The van der Waals surface area contributed by atoms with Crippen LogP contribution in [0.3, 0.4) is 0 Å². The quantitative estimate of drug-likeness (QED) is 0.894. The van der Waals surface area contributed by atoms with E-state index < -0.39 is 11.6 Å². The van der Waals surface area contributed by atoms with Crippen LogP contribution in [-0.2, 0) is 10.3 Å². The molecule has 24 heavy (non-hydrogen) atoms. The summed E-state index contributed by atoms with van der Waals surface area (Å²) in [6.07, 6.45) is 1.93. The number of hydrogen-bond acceptors (Lipinski definition) is 3. The predicted molar refractivity (Wildman–Crippen MR) is 92.2 cm³/mol. The van der Waals surface area contributed by atoms with Crippen molar-refractivity contribution in [2.75, 3.05) is 0 Å². The molecule has 0 aliphatic heterocycles. The van der Waals surface area contributed by atoms with E-state index in [0.29, 0.717) is 29.2 Å². The van der Waals surface area contributed by atoms with Crippen molar-refractivity contribution in [2.45, 2.75) is 31.2 Å². The monoisotopic (exact) mass is 343 g/mol. The first-order valence-corrected chi connectivity index (χ1v) is 8.33. The zero-order valence-corrected chi connectivity index (χ0v) is 13.9. The Kier molecular flexibility index (Phi) is 4.86. The second kappa shape index (κ2) is 7.05. The lowest BCUT2D eigenvalue weighted by atomic mass is 9.75. The molecular formula is C19H18ClNO3. The Morgan fingerprint density at radius 3 is 2.46 bits per heavy atom. The van der Waals surface area contributed by atoms with Crippen molar-refractivity contribution in [3.8, 4) is 5.75 Å². The molecule has 2 aromatic rings. The number of amides is 1. The second-order valence-corrected chi connectivity index (χ2v) is 6.25. The highest BCUT2D eigenvalue weighted by Crippen LogP contribution is 2.38. The Morgan fingerprint density at radius 1 is 1.04 bits per heavy atom. The van der Waals surface area contributed by atoms with E-state index in [1.165, 1.54) is 0 Å². The highest BCUT2D eigenvalue weighted by molar-refractivity contribution is 6.31. The molecule has 1 fully saturated rings. The lowest BCUT2D eigenvalue weighted by molar-refractivity contribution is -0.127. The largest absolute Gasteiger partial charge is 0.413 e. The molecule has 2 aromatic carbocycles. The number of nitrogens with one attached hydrogen (secondary N) is 1. The topological polar surface area (TPSA) is 55.4 Å². The number of benzene rings is 2. The summed E-state index contributed by atoms with van der Waals surface area (Å²) in [5, 5.41) is 3.26. The Balaban J connectivity index is 1.90. The summed E-state index contributed by atoms with van der Waals surface area (Å²) < 4.78 is 5.31. The SMILES string of the molecule is O=C(NC1(c2ccccc2Cl)CCCCC1=O)Oc1ccccc1. The number of ether oxygens (including phenoxy) is 1. The molecule has 0 radical (unpaired) electrons. The van der Waals surface area contributed by atoms with Crippen molar-refractivity contribution in [2.24, 2.45) is 0 Å². The van der Waals surface area contributed by atoms with Crippen molar-refractivity contribution < 1.29 is 14.3 Å². The minimum Gasteiger partial charge on any atom is -0.410 e. The Hall–Kier alpha value is -2.33. The highest BCUT2D eigenvalue weighted by atomic mass is 35.5. The molecule has 1 aliphatic rings. The molecular weight excluding hydrogens is 326 g/mol. The van der Waals surface area contributed by atoms with Gasteiger partial charge in [-0.1, -0.05) is 48.0 Å². The first-order chi connectivity index (χ1) is 11.6. The summed E-state index contributed by atoms with van der Waals surface area (Å²) in [6, 6.07) is 15.9. The molecule has 0 heterocycles. The molecule has 5 heteroatoms. The summed E-state index contributed by atoms with van der Waals surface area (Å²) in [5.74, 6) is 0.388. The number of halogens is 1. The predicted octanol–water partition coefficient (Wildman–Crippen LogP) is 4.47.